The molecule has 0 amide bonds. The van der Waals surface area contributed by atoms with E-state index in [-0.39, 0.29) is 0 Å². The predicted molar refractivity (Wildman–Crippen MR) is 54.6 cm³/mol. The van der Waals surface area contributed by atoms with E-state index in [0.717, 1.165) is 5.69 Å². The number of rotatable bonds is 2. The van der Waals surface area contributed by atoms with Crippen LogP contribution in [0.3, 0.4) is 0 Å². The molecule has 0 bridgehead atoms. The van der Waals surface area contributed by atoms with Crippen molar-refractivity contribution < 1.29 is 15.0 Å². The Morgan fingerprint density at radius 2 is 2.13 bits per heavy atom. The molecular formula is C7H10ClN3O4. The van der Waals surface area contributed by atoms with E-state index in [1.54, 1.807) is 25.3 Å². The summed E-state index contributed by atoms with van der Waals surface area (Å²) >= 11 is 5.73. The fraction of sp³-hybridized carbons (Fsp3) is 0.143. The van der Waals surface area contributed by atoms with Crippen molar-refractivity contribution in [2.24, 2.45) is 5.84 Å². The van der Waals surface area contributed by atoms with Gasteiger partial charge in [-0.2, -0.15) is 0 Å². The molecule has 0 saturated carbocycles. The van der Waals surface area contributed by atoms with Crippen LogP contribution in [0, 0.1) is 10.1 Å². The summed E-state index contributed by atoms with van der Waals surface area (Å²) in [6, 6.07) is 5.18. The minimum atomic E-state index is -1.50. The number of hydrogen-bond donors (Lipinski definition) is 3. The number of nitrogens with one attached hydrogen (secondary N) is 1. The van der Waals surface area contributed by atoms with Gasteiger partial charge in [0, 0.05) is 11.1 Å². The molecule has 0 unspecified atom stereocenters. The molecule has 0 saturated heterocycles. The smallest absolute Gasteiger partial charge is 0.291 e. The van der Waals surface area contributed by atoms with Gasteiger partial charge in [0.15, 0.2) is 0 Å². The molecule has 1 rings (SSSR count). The number of hydrazine groups is 1. The fourth-order valence-corrected chi connectivity index (χ4v) is 0.989. The van der Waals surface area contributed by atoms with Crippen molar-refractivity contribution in [1.82, 2.24) is 0 Å². The second-order valence-corrected chi connectivity index (χ2v) is 2.70. The van der Waals surface area contributed by atoms with E-state index in [0.29, 0.717) is 10.8 Å². The predicted octanol–water partition coefficient (Wildman–Crippen LogP) is 1.29. The Balaban J connectivity index is 0.000000423. The van der Waals surface area contributed by atoms with E-state index in [2.05, 4.69) is 5.43 Å². The van der Waals surface area contributed by atoms with Crippen molar-refractivity contribution in [2.75, 3.05) is 12.5 Å². The normalized spacial score (nSPS) is 8.47. The molecule has 0 radical (unpaired) electrons. The van der Waals surface area contributed by atoms with Crippen molar-refractivity contribution in [2.45, 2.75) is 0 Å². The Labute approximate surface area is 90.5 Å². The molecule has 4 N–H and O–H groups in total. The number of nitrogens with zero attached hydrogens (tertiary/aromatic N) is 1. The molecule has 0 aliphatic carbocycles. The lowest BCUT2D eigenvalue weighted by atomic mass is 10.3. The first kappa shape index (κ1) is 13.3. The minimum Gasteiger partial charge on any atom is -0.497 e. The van der Waals surface area contributed by atoms with Crippen molar-refractivity contribution in [3.05, 3.63) is 33.3 Å². The lowest BCUT2D eigenvalue weighted by Gasteiger charge is -2.03. The number of halogens is 1. The first-order valence-corrected chi connectivity index (χ1v) is 4.02. The number of benzene rings is 1. The molecule has 0 fully saturated rings. The summed E-state index contributed by atoms with van der Waals surface area (Å²) in [6.07, 6.45) is 0. The van der Waals surface area contributed by atoms with Crippen molar-refractivity contribution in [3.8, 4) is 5.75 Å². The SMILES string of the molecule is COc1cc(Cl)cc(NN)c1.O=[N+]([O-])O. The van der Waals surface area contributed by atoms with Gasteiger partial charge in [-0.1, -0.05) is 11.6 Å². The summed E-state index contributed by atoms with van der Waals surface area (Å²) < 4.78 is 4.96. The van der Waals surface area contributed by atoms with E-state index in [4.69, 9.17) is 37.5 Å². The zero-order valence-corrected chi connectivity index (χ0v) is 8.56. The van der Waals surface area contributed by atoms with E-state index in [9.17, 15) is 0 Å². The Bertz CT molecular complexity index is 308. The van der Waals surface area contributed by atoms with Gasteiger partial charge in [0.25, 0.3) is 5.09 Å². The van der Waals surface area contributed by atoms with Gasteiger partial charge >= 0.3 is 0 Å². The van der Waals surface area contributed by atoms with Crippen molar-refractivity contribution in [1.29, 1.82) is 0 Å². The van der Waals surface area contributed by atoms with Gasteiger partial charge in [-0.05, 0) is 12.1 Å². The summed E-state index contributed by atoms with van der Waals surface area (Å²) in [5, 5.41) is 14.2. The molecule has 1 aromatic rings. The van der Waals surface area contributed by atoms with Crippen LogP contribution in [0.15, 0.2) is 18.2 Å². The number of nitrogens with two attached hydrogens (primary N) is 1. The lowest BCUT2D eigenvalue weighted by molar-refractivity contribution is -0.742. The van der Waals surface area contributed by atoms with E-state index < -0.39 is 5.09 Å². The molecule has 1 aromatic carbocycles. The first-order valence-electron chi connectivity index (χ1n) is 3.64. The minimum absolute atomic E-state index is 0.595. The number of hydrogen-bond acceptors (Lipinski definition) is 5. The number of nitrogen functional groups attached to an aromatic ring is 1. The van der Waals surface area contributed by atoms with Gasteiger partial charge in [0.2, 0.25) is 0 Å². The molecule has 0 atom stereocenters. The fourth-order valence-electron chi connectivity index (χ4n) is 0.764. The molecule has 0 heterocycles. The number of anilines is 1. The van der Waals surface area contributed by atoms with Gasteiger partial charge in [-0.3, -0.25) is 5.84 Å². The molecular weight excluding hydrogens is 226 g/mol. The summed E-state index contributed by atoms with van der Waals surface area (Å²) in [5.41, 5.74) is 3.21. The monoisotopic (exact) mass is 235 g/mol. The Morgan fingerprint density at radius 1 is 1.60 bits per heavy atom. The summed E-state index contributed by atoms with van der Waals surface area (Å²) in [7, 11) is 1.58. The van der Waals surface area contributed by atoms with Gasteiger partial charge in [-0.25, -0.2) is 0 Å². The molecule has 15 heavy (non-hydrogen) atoms. The van der Waals surface area contributed by atoms with Gasteiger partial charge in [0.1, 0.15) is 5.75 Å². The van der Waals surface area contributed by atoms with Crippen LogP contribution in [-0.2, 0) is 0 Å². The molecule has 0 aliphatic rings. The standard InChI is InChI=1S/C7H9ClN2O.HNO3/c1-11-7-3-5(8)2-6(4-7)10-9;2-1(3)4/h2-4,10H,9H2,1H3;(H,2,3,4). The molecule has 0 aliphatic heterocycles. The van der Waals surface area contributed by atoms with Gasteiger partial charge in [-0.15, -0.1) is 10.1 Å². The maximum Gasteiger partial charge on any atom is 0.291 e. The highest BCUT2D eigenvalue weighted by Gasteiger charge is 1.96. The van der Waals surface area contributed by atoms with Gasteiger partial charge in [0.05, 0.1) is 12.8 Å². The van der Waals surface area contributed by atoms with Crippen molar-refractivity contribution in [3.63, 3.8) is 0 Å². The first-order chi connectivity index (χ1) is 6.99. The summed E-state index contributed by atoms with van der Waals surface area (Å²) in [4.78, 5) is 8.36. The molecule has 84 valence electrons. The second-order valence-electron chi connectivity index (χ2n) is 2.26. The zero-order chi connectivity index (χ0) is 11.8. The third-order valence-electron chi connectivity index (χ3n) is 1.27. The lowest BCUT2D eigenvalue weighted by Crippen LogP contribution is -2.06. The average Bonchev–Trinajstić information content (AvgIpc) is 2.15. The van der Waals surface area contributed by atoms with Crippen LogP contribution in [0.4, 0.5) is 5.69 Å². The Morgan fingerprint density at radius 3 is 2.53 bits per heavy atom. The second kappa shape index (κ2) is 6.68. The molecule has 0 aromatic heterocycles. The summed E-state index contributed by atoms with van der Waals surface area (Å²) in [5.74, 6) is 5.86. The largest absolute Gasteiger partial charge is 0.497 e. The average molecular weight is 236 g/mol. The quantitative estimate of drug-likeness (QED) is 0.405. The molecule has 0 spiro atoms. The van der Waals surface area contributed by atoms with E-state index >= 15 is 0 Å². The Hall–Kier alpha value is -1.73. The third-order valence-corrected chi connectivity index (χ3v) is 1.49. The van der Waals surface area contributed by atoms with Crippen LogP contribution < -0.4 is 16.0 Å². The van der Waals surface area contributed by atoms with Crippen LogP contribution in [0.2, 0.25) is 5.02 Å². The highest BCUT2D eigenvalue weighted by molar-refractivity contribution is 6.31. The highest BCUT2D eigenvalue weighted by Crippen LogP contribution is 2.22. The van der Waals surface area contributed by atoms with E-state index in [1.165, 1.54) is 0 Å². The third kappa shape index (κ3) is 6.36. The van der Waals surface area contributed by atoms with Crippen LogP contribution in [0.1, 0.15) is 0 Å². The van der Waals surface area contributed by atoms with Gasteiger partial charge < -0.3 is 15.4 Å². The number of methoxy groups -OCH3 is 1. The van der Waals surface area contributed by atoms with E-state index in [1.807, 2.05) is 0 Å². The summed E-state index contributed by atoms with van der Waals surface area (Å²) in [6.45, 7) is 0. The highest BCUT2D eigenvalue weighted by atomic mass is 35.5. The van der Waals surface area contributed by atoms with Crippen molar-refractivity contribution >= 4 is 17.3 Å². The number of ether oxygens (including phenoxy) is 1. The maximum atomic E-state index is 8.36. The molecule has 8 heteroatoms. The topological polar surface area (TPSA) is 111 Å². The zero-order valence-electron chi connectivity index (χ0n) is 7.81. The molecule has 7 nitrogen and oxygen atoms in total. The van der Waals surface area contributed by atoms with Crippen LogP contribution in [-0.4, -0.2) is 17.4 Å². The Kier molecular flexibility index (Phi) is 5.91. The maximum absolute atomic E-state index is 8.36. The van der Waals surface area contributed by atoms with Crippen LogP contribution in [0.25, 0.3) is 0 Å². The van der Waals surface area contributed by atoms with Crippen LogP contribution >= 0.6 is 11.6 Å². The van der Waals surface area contributed by atoms with Crippen LogP contribution in [0.5, 0.6) is 5.75 Å².